The lowest BCUT2D eigenvalue weighted by molar-refractivity contribution is -0.0598. The van der Waals surface area contributed by atoms with Gasteiger partial charge in [-0.3, -0.25) is 4.90 Å². The minimum atomic E-state index is -1.66. The van der Waals surface area contributed by atoms with Gasteiger partial charge in [0.2, 0.25) is 0 Å². The third-order valence-corrected chi connectivity index (χ3v) is 3.16. The molecule has 5 atom stereocenters. The first-order chi connectivity index (χ1) is 8.45. The summed E-state index contributed by atoms with van der Waals surface area (Å²) in [4.78, 5) is 12.5. The second-order valence-electron chi connectivity index (χ2n) is 4.37. The first kappa shape index (κ1) is 13.2. The molecular formula is C10H15FN2O5. The van der Waals surface area contributed by atoms with E-state index in [9.17, 15) is 14.3 Å². The molecule has 102 valence electrons. The van der Waals surface area contributed by atoms with Gasteiger partial charge in [-0.1, -0.05) is 6.92 Å². The van der Waals surface area contributed by atoms with Crippen LogP contribution in [-0.4, -0.2) is 57.5 Å². The Labute approximate surface area is 102 Å². The van der Waals surface area contributed by atoms with Crippen molar-refractivity contribution >= 4 is 6.03 Å². The van der Waals surface area contributed by atoms with Crippen LogP contribution in [0.15, 0.2) is 12.0 Å². The van der Waals surface area contributed by atoms with E-state index in [2.05, 4.69) is 0 Å². The van der Waals surface area contributed by atoms with E-state index < -0.39 is 49.0 Å². The van der Waals surface area contributed by atoms with Crippen molar-refractivity contribution in [3.05, 3.63) is 12.0 Å². The summed E-state index contributed by atoms with van der Waals surface area (Å²) in [5.41, 5.74) is 0. The van der Waals surface area contributed by atoms with Gasteiger partial charge in [0.15, 0.2) is 12.1 Å². The smallest absolute Gasteiger partial charge is 0.325 e. The van der Waals surface area contributed by atoms with E-state index in [4.69, 9.17) is 14.9 Å². The summed E-state index contributed by atoms with van der Waals surface area (Å²) in [6.07, 6.45) is -3.49. The molecule has 0 saturated carbocycles. The van der Waals surface area contributed by atoms with Gasteiger partial charge in [-0.2, -0.15) is 0 Å². The molecule has 18 heavy (non-hydrogen) atoms. The number of carbonyl (C=O) groups is 1. The maximum absolute atomic E-state index is 13.2. The van der Waals surface area contributed by atoms with Crippen molar-refractivity contribution in [3.8, 4) is 0 Å². The second kappa shape index (κ2) is 4.81. The fourth-order valence-corrected chi connectivity index (χ4v) is 2.07. The minimum Gasteiger partial charge on any atom is -0.394 e. The third-order valence-electron chi connectivity index (χ3n) is 3.16. The molecule has 7 nitrogen and oxygen atoms in total. The number of ether oxygens (including phenoxy) is 1. The van der Waals surface area contributed by atoms with Crippen molar-refractivity contribution in [1.82, 2.24) is 10.2 Å². The van der Waals surface area contributed by atoms with Gasteiger partial charge in [0, 0.05) is 12.1 Å². The summed E-state index contributed by atoms with van der Waals surface area (Å²) < 4.78 is 18.5. The summed E-state index contributed by atoms with van der Waals surface area (Å²) in [7, 11) is 0. The van der Waals surface area contributed by atoms with Crippen LogP contribution in [0.5, 0.6) is 0 Å². The number of nitrogens with zero attached hydrogens (tertiary/aromatic N) is 1. The monoisotopic (exact) mass is 262 g/mol. The topological polar surface area (TPSA) is 102 Å². The summed E-state index contributed by atoms with van der Waals surface area (Å²) in [5.74, 6) is -1.42. The molecule has 0 bridgehead atoms. The van der Waals surface area contributed by atoms with Gasteiger partial charge >= 0.3 is 6.03 Å². The number of halogens is 1. The Morgan fingerprint density at radius 2 is 2.22 bits per heavy atom. The molecule has 0 aliphatic carbocycles. The van der Waals surface area contributed by atoms with Gasteiger partial charge in [-0.05, 0) is 0 Å². The summed E-state index contributed by atoms with van der Waals surface area (Å²) in [5, 5.41) is 29.8. The number of nitrogens with one attached hydrogen (secondary N) is 1. The Hall–Kier alpha value is -1.22. The summed E-state index contributed by atoms with van der Waals surface area (Å²) in [6, 6.07) is -0.730. The highest BCUT2D eigenvalue weighted by molar-refractivity contribution is 5.77. The third kappa shape index (κ3) is 2.07. The maximum atomic E-state index is 13.2. The highest BCUT2D eigenvalue weighted by Crippen LogP contribution is 2.30. The first-order valence-corrected chi connectivity index (χ1v) is 5.54. The number of aliphatic hydroxyl groups excluding tert-OH is 3. The van der Waals surface area contributed by atoms with E-state index >= 15 is 0 Å². The van der Waals surface area contributed by atoms with E-state index in [0.717, 1.165) is 11.1 Å². The zero-order valence-corrected chi connectivity index (χ0v) is 9.65. The van der Waals surface area contributed by atoms with Gasteiger partial charge < -0.3 is 25.4 Å². The van der Waals surface area contributed by atoms with Crippen LogP contribution in [0.25, 0.3) is 0 Å². The van der Waals surface area contributed by atoms with Crippen molar-refractivity contribution in [3.63, 3.8) is 0 Å². The molecule has 0 aromatic rings. The maximum Gasteiger partial charge on any atom is 0.325 e. The Bertz CT molecular complexity index is 377. The van der Waals surface area contributed by atoms with Crippen LogP contribution < -0.4 is 5.32 Å². The van der Waals surface area contributed by atoms with Gasteiger partial charge in [-0.25, -0.2) is 9.18 Å². The molecule has 2 heterocycles. The van der Waals surface area contributed by atoms with Crippen molar-refractivity contribution in [2.24, 2.45) is 5.92 Å². The number of urea groups is 1. The predicted octanol–water partition coefficient (Wildman–Crippen LogP) is -1.14. The van der Waals surface area contributed by atoms with Crippen LogP contribution in [0.4, 0.5) is 9.18 Å². The van der Waals surface area contributed by atoms with E-state index in [1.807, 2.05) is 5.32 Å². The minimum absolute atomic E-state index is 0.397. The average Bonchev–Trinajstić information content (AvgIpc) is 2.61. The van der Waals surface area contributed by atoms with Gasteiger partial charge in [0.1, 0.15) is 12.3 Å². The largest absolute Gasteiger partial charge is 0.394 e. The number of carbonyl (C=O) groups excluding carboxylic acids is 1. The lowest BCUT2D eigenvalue weighted by Crippen LogP contribution is -2.52. The fraction of sp³-hybridized carbons (Fsp3) is 0.700. The molecule has 0 aromatic heterocycles. The average molecular weight is 262 g/mol. The Kier molecular flexibility index (Phi) is 3.53. The summed E-state index contributed by atoms with van der Waals surface area (Å²) >= 11 is 0. The Morgan fingerprint density at radius 1 is 1.56 bits per heavy atom. The van der Waals surface area contributed by atoms with Crippen LogP contribution in [0, 0.1) is 5.92 Å². The number of amides is 2. The van der Waals surface area contributed by atoms with Crippen LogP contribution in [0.1, 0.15) is 6.92 Å². The van der Waals surface area contributed by atoms with Crippen LogP contribution in [-0.2, 0) is 4.74 Å². The van der Waals surface area contributed by atoms with Crippen molar-refractivity contribution in [2.75, 3.05) is 6.61 Å². The lowest BCUT2D eigenvalue weighted by atomic mass is 10.0. The normalized spacial score (nSPS) is 40.7. The molecule has 1 saturated heterocycles. The molecule has 4 N–H and O–H groups in total. The number of hydrogen-bond donors (Lipinski definition) is 4. The quantitative estimate of drug-likeness (QED) is 0.503. The number of aliphatic hydroxyl groups is 3. The molecule has 2 aliphatic rings. The highest BCUT2D eigenvalue weighted by Gasteiger charge is 2.45. The molecule has 0 radical (unpaired) electrons. The molecule has 2 aliphatic heterocycles. The van der Waals surface area contributed by atoms with Crippen molar-refractivity contribution in [2.45, 2.75) is 31.6 Å². The van der Waals surface area contributed by atoms with Crippen LogP contribution >= 0.6 is 0 Å². The molecule has 0 aromatic carbocycles. The zero-order chi connectivity index (χ0) is 13.4. The molecule has 1 unspecified atom stereocenters. The van der Waals surface area contributed by atoms with Crippen molar-refractivity contribution in [1.29, 1.82) is 0 Å². The molecule has 2 rings (SSSR count). The Balaban J connectivity index is 2.19. The van der Waals surface area contributed by atoms with E-state index in [1.165, 1.54) is 0 Å². The predicted molar refractivity (Wildman–Crippen MR) is 56.5 cm³/mol. The zero-order valence-electron chi connectivity index (χ0n) is 9.65. The molecule has 8 heteroatoms. The van der Waals surface area contributed by atoms with E-state index in [1.54, 1.807) is 6.92 Å². The SMILES string of the molecule is C[C@H]1[C@H](O)[C@@H](CO)O[C@H]1N1C=C(F)C(O)NC1=O. The van der Waals surface area contributed by atoms with E-state index in [0.29, 0.717) is 0 Å². The van der Waals surface area contributed by atoms with Gasteiger partial charge in [-0.15, -0.1) is 0 Å². The van der Waals surface area contributed by atoms with Crippen LogP contribution in [0.3, 0.4) is 0 Å². The lowest BCUT2D eigenvalue weighted by Gasteiger charge is -2.32. The summed E-state index contributed by atoms with van der Waals surface area (Å²) in [6.45, 7) is 1.22. The number of rotatable bonds is 2. The fourth-order valence-electron chi connectivity index (χ4n) is 2.07. The molecule has 1 fully saturated rings. The van der Waals surface area contributed by atoms with Gasteiger partial charge in [0.25, 0.3) is 0 Å². The molecule has 0 spiro atoms. The highest BCUT2D eigenvalue weighted by atomic mass is 19.1. The molecule has 2 amide bonds. The van der Waals surface area contributed by atoms with E-state index in [-0.39, 0.29) is 0 Å². The Morgan fingerprint density at radius 3 is 2.78 bits per heavy atom. The number of hydrogen-bond acceptors (Lipinski definition) is 5. The van der Waals surface area contributed by atoms with Gasteiger partial charge in [0.05, 0.1) is 12.7 Å². The molecular weight excluding hydrogens is 247 g/mol. The standard InChI is InChI=1S/C10H15FN2O5/c1-4-7(15)6(3-14)18-9(4)13-2-5(11)8(16)12-10(13)17/h2,4,6-9,14-16H,3H2,1H3,(H,12,17)/t4-,6+,7-,8?,9+/m0/s1. The second-order valence-corrected chi connectivity index (χ2v) is 4.37. The first-order valence-electron chi connectivity index (χ1n) is 5.54. The van der Waals surface area contributed by atoms with Crippen LogP contribution in [0.2, 0.25) is 0 Å². The van der Waals surface area contributed by atoms with Crippen molar-refractivity contribution < 1.29 is 29.2 Å².